The Morgan fingerprint density at radius 2 is 1.88 bits per heavy atom. The summed E-state index contributed by atoms with van der Waals surface area (Å²) in [6.45, 7) is 3.45. The molecule has 2 aromatic rings. The topological polar surface area (TPSA) is 85.6 Å². The Labute approximate surface area is 233 Å². The first-order chi connectivity index (χ1) is 16.0. The molecule has 2 saturated heterocycles. The van der Waals surface area contributed by atoms with E-state index >= 15 is 0 Å². The molecule has 8 heteroatoms. The van der Waals surface area contributed by atoms with Gasteiger partial charge in [0.1, 0.15) is 0 Å². The zero-order valence-electron chi connectivity index (χ0n) is 19.9. The predicted octanol–water partition coefficient (Wildman–Crippen LogP) is 4.99. The monoisotopic (exact) mass is 560 g/mol. The molecule has 3 heterocycles. The summed E-state index contributed by atoms with van der Waals surface area (Å²) in [5, 5.41) is 16.3. The quantitative estimate of drug-likeness (QED) is 0.554. The molecule has 1 spiro atoms. The van der Waals surface area contributed by atoms with Crippen LogP contribution in [-0.4, -0.2) is 40.5 Å². The minimum absolute atomic E-state index is 0. The van der Waals surface area contributed by atoms with Crippen molar-refractivity contribution in [1.29, 1.82) is 0 Å². The van der Waals surface area contributed by atoms with Gasteiger partial charge in [0.05, 0.1) is 6.04 Å². The third-order valence-electron chi connectivity index (χ3n) is 7.70. The van der Waals surface area contributed by atoms with Crippen LogP contribution >= 0.6 is 11.6 Å². The average Bonchev–Trinajstić information content (AvgIpc) is 3.29. The maximum absolute atomic E-state index is 12.0. The fourth-order valence-electron chi connectivity index (χ4n) is 5.75. The van der Waals surface area contributed by atoms with Crippen LogP contribution in [0.1, 0.15) is 56.6 Å². The van der Waals surface area contributed by atoms with Gasteiger partial charge in [-0.05, 0) is 48.6 Å². The second-order valence-corrected chi connectivity index (χ2v) is 10.3. The standard InChI is InChI=1S/C15H20ClN2O.C11H16N2O.Y/c16-13-4-8-18(14(19)9-13)10-12-3-7-17-11-15(12)5-1-2-6-15;12-10-6-7-13(14)11(8-10)9-4-2-1-3-5-9;/h4,8-9,12H,1-3,5-7,10-11H2;1-5,10-11,14H,6-8,12H2;/q-1;;/t12-;;/m0../s1. The first-order valence-electron chi connectivity index (χ1n) is 12.2. The number of nitrogens with zero attached hydrogens (tertiary/aromatic N) is 3. The largest absolute Gasteiger partial charge is 0.662 e. The van der Waals surface area contributed by atoms with Crippen LogP contribution in [0.2, 0.25) is 5.02 Å². The average molecular weight is 561 g/mol. The number of aromatic nitrogens is 1. The van der Waals surface area contributed by atoms with E-state index in [9.17, 15) is 10.0 Å². The summed E-state index contributed by atoms with van der Waals surface area (Å²) in [4.78, 5) is 12.0. The van der Waals surface area contributed by atoms with Crippen molar-refractivity contribution in [2.24, 2.45) is 17.1 Å². The van der Waals surface area contributed by atoms with E-state index in [1.54, 1.807) is 6.07 Å². The van der Waals surface area contributed by atoms with Crippen molar-refractivity contribution < 1.29 is 37.9 Å². The molecule has 34 heavy (non-hydrogen) atoms. The van der Waals surface area contributed by atoms with Gasteiger partial charge in [-0.1, -0.05) is 61.2 Å². The van der Waals surface area contributed by atoms with Gasteiger partial charge in [-0.3, -0.25) is 4.79 Å². The van der Waals surface area contributed by atoms with E-state index in [0.29, 0.717) is 22.9 Å². The predicted molar refractivity (Wildman–Crippen MR) is 133 cm³/mol. The van der Waals surface area contributed by atoms with Crippen molar-refractivity contribution in [2.75, 3.05) is 19.6 Å². The molecule has 0 bridgehead atoms. The van der Waals surface area contributed by atoms with Crippen molar-refractivity contribution in [1.82, 2.24) is 9.63 Å². The molecule has 2 unspecified atom stereocenters. The van der Waals surface area contributed by atoms with Crippen LogP contribution in [0, 0.1) is 11.3 Å². The summed E-state index contributed by atoms with van der Waals surface area (Å²) in [5.41, 5.74) is 7.42. The number of nitrogens with two attached hydrogens (primary N) is 1. The van der Waals surface area contributed by atoms with E-state index in [4.69, 9.17) is 17.3 Å². The van der Waals surface area contributed by atoms with Gasteiger partial charge in [-0.15, -0.1) is 13.1 Å². The van der Waals surface area contributed by atoms with Crippen LogP contribution < -0.4 is 11.3 Å². The molecule has 3 aliphatic rings. The second-order valence-electron chi connectivity index (χ2n) is 9.87. The Bertz CT molecular complexity index is 951. The van der Waals surface area contributed by atoms with Crippen LogP contribution in [0.4, 0.5) is 0 Å². The molecule has 5 rings (SSSR count). The number of rotatable bonds is 3. The summed E-state index contributed by atoms with van der Waals surface area (Å²) in [6.07, 6.45) is 9.87. The molecule has 183 valence electrons. The van der Waals surface area contributed by atoms with E-state index in [1.807, 2.05) is 41.1 Å². The zero-order chi connectivity index (χ0) is 23.3. The van der Waals surface area contributed by atoms with E-state index < -0.39 is 0 Å². The van der Waals surface area contributed by atoms with E-state index in [-0.39, 0.29) is 50.4 Å². The molecule has 1 radical (unpaired) electrons. The molecule has 3 N–H and O–H groups in total. The van der Waals surface area contributed by atoms with Gasteiger partial charge in [0.15, 0.2) is 0 Å². The van der Waals surface area contributed by atoms with E-state index in [1.165, 1.54) is 36.8 Å². The number of pyridine rings is 1. The van der Waals surface area contributed by atoms with Gasteiger partial charge in [-0.2, -0.15) is 5.06 Å². The summed E-state index contributed by atoms with van der Waals surface area (Å²) in [5.74, 6) is 0.589. The first-order valence-corrected chi connectivity index (χ1v) is 12.6. The fraction of sp³-hybridized carbons (Fsp3) is 0.577. The Balaban J connectivity index is 0.000000193. The number of piperidine rings is 2. The first kappa shape index (κ1) is 28.0. The molecule has 6 nitrogen and oxygen atoms in total. The maximum atomic E-state index is 12.0. The van der Waals surface area contributed by atoms with Crippen molar-refractivity contribution in [3.05, 3.63) is 74.9 Å². The van der Waals surface area contributed by atoms with E-state index in [2.05, 4.69) is 5.32 Å². The molecular weight excluding hydrogens is 525 g/mol. The molecule has 3 atom stereocenters. The number of halogens is 1. The van der Waals surface area contributed by atoms with E-state index in [0.717, 1.165) is 44.5 Å². The maximum Gasteiger partial charge on any atom is 0.252 e. The van der Waals surface area contributed by atoms with Crippen molar-refractivity contribution >= 4 is 11.6 Å². The molecule has 1 aliphatic carbocycles. The summed E-state index contributed by atoms with van der Waals surface area (Å²) < 4.78 is 1.82. The number of hydroxylamine groups is 2. The van der Waals surface area contributed by atoms with Crippen molar-refractivity contribution in [3.8, 4) is 0 Å². The molecule has 1 aromatic heterocycles. The van der Waals surface area contributed by atoms with Crippen LogP contribution in [-0.2, 0) is 39.3 Å². The van der Waals surface area contributed by atoms with Crippen LogP contribution in [0.5, 0.6) is 0 Å². The smallest absolute Gasteiger partial charge is 0.252 e. The normalized spacial score (nSPS) is 26.4. The minimum atomic E-state index is 0. The fourth-order valence-corrected chi connectivity index (χ4v) is 5.90. The molecule has 0 amide bonds. The van der Waals surface area contributed by atoms with Gasteiger partial charge >= 0.3 is 0 Å². The number of hydrogen-bond donors (Lipinski definition) is 2. The molecular formula is C26H36ClN4O2Y-. The molecule has 3 fully saturated rings. The summed E-state index contributed by atoms with van der Waals surface area (Å²) in [6, 6.07) is 13.6. The molecule has 1 aromatic carbocycles. The van der Waals surface area contributed by atoms with Gasteiger partial charge in [-0.25, -0.2) is 0 Å². The number of benzene rings is 1. The Morgan fingerprint density at radius 1 is 1.15 bits per heavy atom. The van der Waals surface area contributed by atoms with Crippen LogP contribution in [0.15, 0.2) is 53.5 Å². The minimum Gasteiger partial charge on any atom is -0.662 e. The summed E-state index contributed by atoms with van der Waals surface area (Å²) in [7, 11) is 0. The van der Waals surface area contributed by atoms with Gasteiger partial charge in [0, 0.05) is 69.1 Å². The zero-order valence-corrected chi connectivity index (χ0v) is 23.5. The number of hydrogen-bond acceptors (Lipinski definition) is 4. The second kappa shape index (κ2) is 13.1. The Morgan fingerprint density at radius 3 is 2.59 bits per heavy atom. The van der Waals surface area contributed by atoms with Gasteiger partial charge in [0.2, 0.25) is 0 Å². The van der Waals surface area contributed by atoms with Crippen molar-refractivity contribution in [3.63, 3.8) is 0 Å². The Hall–Kier alpha value is -0.596. The summed E-state index contributed by atoms with van der Waals surface area (Å²) >= 11 is 5.85. The van der Waals surface area contributed by atoms with Crippen LogP contribution in [0.3, 0.4) is 0 Å². The Kier molecular flexibility index (Phi) is 10.8. The third-order valence-corrected chi connectivity index (χ3v) is 7.94. The molecule has 1 saturated carbocycles. The van der Waals surface area contributed by atoms with Gasteiger partial charge < -0.3 is 20.8 Å². The van der Waals surface area contributed by atoms with Crippen molar-refractivity contribution in [2.45, 2.75) is 63.6 Å². The third kappa shape index (κ3) is 7.00. The van der Waals surface area contributed by atoms with Gasteiger partial charge in [0.25, 0.3) is 5.56 Å². The van der Waals surface area contributed by atoms with Crippen LogP contribution in [0.25, 0.3) is 5.32 Å². The SMILES string of the molecule is NC1CCN(O)C(c2ccccc2)C1.O=c1cc(Cl)ccn1C[C@@H]1CC[N-]CC12CCCC2.[Y]. The molecule has 2 aliphatic heterocycles.